The van der Waals surface area contributed by atoms with E-state index in [2.05, 4.69) is 24.1 Å². The molecule has 1 aromatic carbocycles. The number of aromatic nitrogens is 1. The number of fused-ring (bicyclic) bond motifs is 1. The monoisotopic (exact) mass is 365 g/mol. The molecular formula is C20H19N3O4. The molecule has 2 aliphatic heterocycles. The molecule has 138 valence electrons. The van der Waals surface area contributed by atoms with Crippen LogP contribution in [0.5, 0.6) is 17.4 Å². The second kappa shape index (κ2) is 5.22. The fraction of sp³-hybridized carbons (Fsp3) is 0.350. The van der Waals surface area contributed by atoms with Crippen LogP contribution in [-0.4, -0.2) is 29.1 Å². The lowest BCUT2D eigenvalue weighted by Gasteiger charge is -2.19. The zero-order valence-electron chi connectivity index (χ0n) is 15.1. The van der Waals surface area contributed by atoms with Crippen molar-refractivity contribution in [3.8, 4) is 17.4 Å². The van der Waals surface area contributed by atoms with Crippen molar-refractivity contribution < 1.29 is 19.1 Å². The Morgan fingerprint density at radius 1 is 1.19 bits per heavy atom. The first-order valence-corrected chi connectivity index (χ1v) is 8.97. The highest BCUT2D eigenvalue weighted by Gasteiger charge is 2.60. The molecule has 0 radical (unpaired) electrons. The number of carbonyl (C=O) groups is 2. The summed E-state index contributed by atoms with van der Waals surface area (Å²) in [6, 6.07) is 8.64. The molecule has 0 bridgehead atoms. The van der Waals surface area contributed by atoms with Crippen molar-refractivity contribution in [3.05, 3.63) is 42.1 Å². The third-order valence-electron chi connectivity index (χ3n) is 5.36. The lowest BCUT2D eigenvalue weighted by Crippen LogP contribution is -2.32. The predicted molar refractivity (Wildman–Crippen MR) is 97.3 cm³/mol. The number of anilines is 1. The summed E-state index contributed by atoms with van der Waals surface area (Å²) in [6.45, 7) is 4.81. The molecule has 1 aliphatic carbocycles. The summed E-state index contributed by atoms with van der Waals surface area (Å²) >= 11 is 0. The number of nitrogens with one attached hydrogen (secondary N) is 1. The zero-order chi connectivity index (χ0) is 18.8. The summed E-state index contributed by atoms with van der Waals surface area (Å²) in [6.07, 6.45) is 2.87. The molecule has 7 heteroatoms. The van der Waals surface area contributed by atoms with Crippen LogP contribution >= 0.6 is 0 Å². The minimum absolute atomic E-state index is 0.148. The number of amides is 3. The van der Waals surface area contributed by atoms with Gasteiger partial charge in [0, 0.05) is 17.0 Å². The van der Waals surface area contributed by atoms with E-state index in [9.17, 15) is 9.59 Å². The van der Waals surface area contributed by atoms with E-state index in [0.29, 0.717) is 36.8 Å². The number of imide groups is 1. The van der Waals surface area contributed by atoms with Crippen molar-refractivity contribution in [1.82, 2.24) is 10.3 Å². The first-order valence-electron chi connectivity index (χ1n) is 8.97. The normalized spacial score (nSPS) is 21.0. The fourth-order valence-electron chi connectivity index (χ4n) is 3.71. The summed E-state index contributed by atoms with van der Waals surface area (Å²) in [5.74, 6) is 1.70. The maximum Gasteiger partial charge on any atom is 0.329 e. The van der Waals surface area contributed by atoms with Crippen LogP contribution in [0.2, 0.25) is 0 Å². The van der Waals surface area contributed by atoms with E-state index in [-0.39, 0.29) is 11.3 Å². The molecule has 1 spiro atoms. The molecule has 0 unspecified atom stereocenters. The lowest BCUT2D eigenvalue weighted by molar-refractivity contribution is -0.119. The van der Waals surface area contributed by atoms with Crippen LogP contribution in [0.3, 0.4) is 0 Å². The molecule has 2 fully saturated rings. The Kier molecular flexibility index (Phi) is 3.11. The van der Waals surface area contributed by atoms with Crippen molar-refractivity contribution in [2.24, 2.45) is 0 Å². The number of hydrogen-bond donors (Lipinski definition) is 1. The van der Waals surface area contributed by atoms with E-state index in [1.807, 2.05) is 18.2 Å². The molecule has 7 nitrogen and oxygen atoms in total. The summed E-state index contributed by atoms with van der Waals surface area (Å²) in [5, 5.41) is 2.76. The molecule has 2 aromatic rings. The van der Waals surface area contributed by atoms with Crippen LogP contribution in [0.15, 0.2) is 36.5 Å². The van der Waals surface area contributed by atoms with E-state index in [0.717, 1.165) is 16.2 Å². The standard InChI is InChI=1S/C20H19N3O4/c1-19(2)11-26-13-4-3-5-14(16(13)19)27-15-7-6-12(10-21-15)23-17(24)20(8-9-20)22-18(23)25/h3-7,10H,8-9,11H2,1-2H3,(H,22,25). The van der Waals surface area contributed by atoms with Crippen molar-refractivity contribution in [2.75, 3.05) is 11.5 Å². The minimum Gasteiger partial charge on any atom is -0.492 e. The minimum atomic E-state index is -0.678. The SMILES string of the molecule is CC1(C)COc2cccc(Oc3ccc(N4C(=O)NC5(CC5)C4=O)cn3)c21. The Labute approximate surface area is 156 Å². The van der Waals surface area contributed by atoms with Crippen LogP contribution in [0.1, 0.15) is 32.3 Å². The number of ether oxygens (including phenoxy) is 2. The van der Waals surface area contributed by atoms with Gasteiger partial charge in [-0.3, -0.25) is 4.79 Å². The largest absolute Gasteiger partial charge is 0.492 e. The number of nitrogens with zero attached hydrogens (tertiary/aromatic N) is 2. The fourth-order valence-corrected chi connectivity index (χ4v) is 3.71. The summed E-state index contributed by atoms with van der Waals surface area (Å²) in [4.78, 5) is 30.0. The highest BCUT2D eigenvalue weighted by Crippen LogP contribution is 2.45. The number of pyridine rings is 1. The summed E-state index contributed by atoms with van der Waals surface area (Å²) in [7, 11) is 0. The number of carbonyl (C=O) groups excluding carboxylic acids is 2. The van der Waals surface area contributed by atoms with Crippen LogP contribution < -0.4 is 19.7 Å². The molecule has 27 heavy (non-hydrogen) atoms. The van der Waals surface area contributed by atoms with Gasteiger partial charge < -0.3 is 14.8 Å². The van der Waals surface area contributed by atoms with Crippen LogP contribution in [0, 0.1) is 0 Å². The molecule has 3 aliphatic rings. The van der Waals surface area contributed by atoms with E-state index in [1.165, 1.54) is 6.20 Å². The van der Waals surface area contributed by atoms with Crippen LogP contribution in [-0.2, 0) is 10.2 Å². The topological polar surface area (TPSA) is 80.8 Å². The molecule has 3 amide bonds. The second-order valence-corrected chi connectivity index (χ2v) is 7.91. The van der Waals surface area contributed by atoms with Gasteiger partial charge in [0.2, 0.25) is 5.88 Å². The molecule has 0 atom stereocenters. The second-order valence-electron chi connectivity index (χ2n) is 7.91. The highest BCUT2D eigenvalue weighted by molar-refractivity contribution is 6.24. The van der Waals surface area contributed by atoms with Crippen LogP contribution in [0.25, 0.3) is 0 Å². The lowest BCUT2D eigenvalue weighted by atomic mass is 9.86. The molecule has 5 rings (SSSR count). The van der Waals surface area contributed by atoms with Gasteiger partial charge in [0.05, 0.1) is 18.5 Å². The average molecular weight is 365 g/mol. The van der Waals surface area contributed by atoms with Gasteiger partial charge in [-0.25, -0.2) is 14.7 Å². The van der Waals surface area contributed by atoms with E-state index < -0.39 is 11.6 Å². The van der Waals surface area contributed by atoms with E-state index in [4.69, 9.17) is 9.47 Å². The van der Waals surface area contributed by atoms with Gasteiger partial charge in [-0.1, -0.05) is 19.9 Å². The van der Waals surface area contributed by atoms with Crippen LogP contribution in [0.4, 0.5) is 10.5 Å². The Balaban J connectivity index is 1.41. The van der Waals surface area contributed by atoms with Gasteiger partial charge in [-0.05, 0) is 31.0 Å². The molecule has 3 heterocycles. The number of rotatable bonds is 3. The van der Waals surface area contributed by atoms with Gasteiger partial charge >= 0.3 is 6.03 Å². The molecule has 1 N–H and O–H groups in total. The Bertz CT molecular complexity index is 964. The van der Waals surface area contributed by atoms with Crippen molar-refractivity contribution in [3.63, 3.8) is 0 Å². The first-order chi connectivity index (χ1) is 12.9. The Hall–Kier alpha value is -3.09. The van der Waals surface area contributed by atoms with E-state index in [1.54, 1.807) is 12.1 Å². The molecule has 1 saturated carbocycles. The maximum absolute atomic E-state index is 12.4. The van der Waals surface area contributed by atoms with Gasteiger partial charge in [0.15, 0.2) is 0 Å². The molecule has 1 saturated heterocycles. The van der Waals surface area contributed by atoms with Crippen molar-refractivity contribution in [1.29, 1.82) is 0 Å². The summed E-state index contributed by atoms with van der Waals surface area (Å²) < 4.78 is 11.7. The maximum atomic E-state index is 12.4. The average Bonchev–Trinajstić information content (AvgIpc) is 3.28. The number of urea groups is 1. The van der Waals surface area contributed by atoms with Crippen molar-refractivity contribution in [2.45, 2.75) is 37.6 Å². The number of benzene rings is 1. The summed E-state index contributed by atoms with van der Waals surface area (Å²) in [5.41, 5.74) is 0.628. The number of hydrogen-bond acceptors (Lipinski definition) is 5. The molecule has 1 aromatic heterocycles. The smallest absolute Gasteiger partial charge is 0.329 e. The third-order valence-corrected chi connectivity index (χ3v) is 5.36. The molecular weight excluding hydrogens is 346 g/mol. The van der Waals surface area contributed by atoms with Gasteiger partial charge in [-0.2, -0.15) is 0 Å². The third kappa shape index (κ3) is 2.38. The van der Waals surface area contributed by atoms with E-state index >= 15 is 0 Å². The van der Waals surface area contributed by atoms with Crippen molar-refractivity contribution >= 4 is 17.6 Å². The highest BCUT2D eigenvalue weighted by atomic mass is 16.5. The zero-order valence-corrected chi connectivity index (χ0v) is 15.1. The Morgan fingerprint density at radius 2 is 2.00 bits per heavy atom. The van der Waals surface area contributed by atoms with Gasteiger partial charge in [-0.15, -0.1) is 0 Å². The quantitative estimate of drug-likeness (QED) is 0.845. The van der Waals surface area contributed by atoms with Gasteiger partial charge in [0.1, 0.15) is 17.0 Å². The predicted octanol–water partition coefficient (Wildman–Crippen LogP) is 3.13. The Morgan fingerprint density at radius 3 is 2.67 bits per heavy atom. The van der Waals surface area contributed by atoms with Gasteiger partial charge in [0.25, 0.3) is 5.91 Å². The first kappa shape index (κ1) is 16.1.